The molecular weight excluding hydrogens is 359 g/mol. The molecule has 0 bridgehead atoms. The normalized spacial score (nSPS) is 23.1. The van der Waals surface area contributed by atoms with Gasteiger partial charge in [0.1, 0.15) is 5.82 Å². The lowest BCUT2D eigenvalue weighted by atomic mass is 9.92. The number of amides is 3. The van der Waals surface area contributed by atoms with Crippen molar-refractivity contribution in [3.63, 3.8) is 0 Å². The van der Waals surface area contributed by atoms with Crippen molar-refractivity contribution in [1.82, 2.24) is 10.2 Å². The van der Waals surface area contributed by atoms with E-state index in [1.807, 2.05) is 0 Å². The number of benzene rings is 1. The Labute approximate surface area is 166 Å². The summed E-state index contributed by atoms with van der Waals surface area (Å²) >= 11 is 0. The first-order valence-electron chi connectivity index (χ1n) is 10.3. The van der Waals surface area contributed by atoms with Crippen LogP contribution >= 0.6 is 0 Å². The van der Waals surface area contributed by atoms with Crippen molar-refractivity contribution >= 4 is 23.3 Å². The number of nitrogens with one attached hydrogen (secondary N) is 2. The molecule has 2 atom stereocenters. The van der Waals surface area contributed by atoms with Crippen LogP contribution in [0.4, 0.5) is 20.6 Å². The molecule has 7 heteroatoms. The molecule has 0 aliphatic carbocycles. The number of rotatable bonds is 6. The van der Waals surface area contributed by atoms with Crippen LogP contribution < -0.4 is 15.5 Å². The molecule has 0 aromatic heterocycles. The van der Waals surface area contributed by atoms with Crippen molar-refractivity contribution in [1.29, 1.82) is 0 Å². The first kappa shape index (κ1) is 20.6. The van der Waals surface area contributed by atoms with Crippen molar-refractivity contribution in [2.24, 2.45) is 11.8 Å². The summed E-state index contributed by atoms with van der Waals surface area (Å²) in [5, 5.41) is 5.59. The van der Waals surface area contributed by atoms with Crippen LogP contribution in [-0.4, -0.2) is 49.6 Å². The monoisotopic (exact) mass is 390 g/mol. The summed E-state index contributed by atoms with van der Waals surface area (Å²) in [4.78, 5) is 27.9. The molecule has 0 unspecified atom stereocenters. The fraction of sp³-hybridized carbons (Fsp3) is 0.619. The van der Waals surface area contributed by atoms with E-state index in [1.165, 1.54) is 29.5 Å². The maximum absolute atomic E-state index is 14.1. The Balaban J connectivity index is 1.44. The smallest absolute Gasteiger partial charge is 0.319 e. The minimum absolute atomic E-state index is 0.0816. The molecule has 2 aliphatic rings. The standard InChI is InChI=1S/C21H31FN4O2/c1-15-11-16(2)14-25(13-15)9-4-8-23-21(28)24-17-6-7-18(22)19(12-17)26-10-3-5-20(26)27/h6-7,12,15-16H,3-5,8-11,13-14H2,1-2H3,(H2,23,24,28)/t15-,16+. The summed E-state index contributed by atoms with van der Waals surface area (Å²) in [7, 11) is 0. The zero-order valence-corrected chi connectivity index (χ0v) is 16.8. The average molecular weight is 391 g/mol. The quantitative estimate of drug-likeness (QED) is 0.732. The topological polar surface area (TPSA) is 64.7 Å². The molecule has 2 saturated heterocycles. The van der Waals surface area contributed by atoms with E-state index < -0.39 is 5.82 Å². The molecule has 6 nitrogen and oxygen atoms in total. The summed E-state index contributed by atoms with van der Waals surface area (Å²) in [6.45, 7) is 8.92. The molecule has 2 heterocycles. The van der Waals surface area contributed by atoms with Crippen LogP contribution in [-0.2, 0) is 4.79 Å². The van der Waals surface area contributed by atoms with E-state index in [0.29, 0.717) is 25.2 Å². The number of anilines is 2. The Morgan fingerprint density at radius 2 is 2.00 bits per heavy atom. The van der Waals surface area contributed by atoms with E-state index in [2.05, 4.69) is 29.4 Å². The van der Waals surface area contributed by atoms with Gasteiger partial charge in [-0.3, -0.25) is 4.79 Å². The minimum atomic E-state index is -0.453. The number of carbonyl (C=O) groups excluding carboxylic acids is 2. The molecule has 0 radical (unpaired) electrons. The van der Waals surface area contributed by atoms with Gasteiger partial charge in [-0.2, -0.15) is 0 Å². The maximum Gasteiger partial charge on any atom is 0.319 e. The Morgan fingerprint density at radius 3 is 2.68 bits per heavy atom. The fourth-order valence-electron chi connectivity index (χ4n) is 4.35. The van der Waals surface area contributed by atoms with E-state index >= 15 is 0 Å². The van der Waals surface area contributed by atoms with Crippen molar-refractivity contribution < 1.29 is 14.0 Å². The number of hydrogen-bond donors (Lipinski definition) is 2. The van der Waals surface area contributed by atoms with Crippen molar-refractivity contribution in [3.8, 4) is 0 Å². The SMILES string of the molecule is C[C@@H]1C[C@H](C)CN(CCCNC(=O)Nc2ccc(F)c(N3CCCC3=O)c2)C1. The van der Waals surface area contributed by atoms with Crippen molar-refractivity contribution in [2.75, 3.05) is 42.9 Å². The molecule has 0 saturated carbocycles. The highest BCUT2D eigenvalue weighted by atomic mass is 19.1. The minimum Gasteiger partial charge on any atom is -0.338 e. The first-order chi connectivity index (χ1) is 13.4. The van der Waals surface area contributed by atoms with Gasteiger partial charge in [-0.1, -0.05) is 13.8 Å². The van der Waals surface area contributed by atoms with E-state index in [1.54, 1.807) is 0 Å². The molecule has 1 aromatic rings. The summed E-state index contributed by atoms with van der Waals surface area (Å²) in [6, 6.07) is 4.00. The lowest BCUT2D eigenvalue weighted by molar-refractivity contribution is -0.117. The number of nitrogens with zero attached hydrogens (tertiary/aromatic N) is 2. The van der Waals surface area contributed by atoms with Gasteiger partial charge in [0.2, 0.25) is 5.91 Å². The number of carbonyl (C=O) groups is 2. The number of halogens is 1. The predicted molar refractivity (Wildman–Crippen MR) is 109 cm³/mol. The molecule has 0 spiro atoms. The van der Waals surface area contributed by atoms with E-state index in [-0.39, 0.29) is 17.6 Å². The number of piperidine rings is 1. The molecule has 1 aromatic carbocycles. The highest BCUT2D eigenvalue weighted by Crippen LogP contribution is 2.27. The number of hydrogen-bond acceptors (Lipinski definition) is 3. The lowest BCUT2D eigenvalue weighted by Gasteiger charge is -2.34. The van der Waals surface area contributed by atoms with Gasteiger partial charge in [0, 0.05) is 38.3 Å². The van der Waals surface area contributed by atoms with Gasteiger partial charge in [-0.15, -0.1) is 0 Å². The van der Waals surface area contributed by atoms with E-state index in [4.69, 9.17) is 0 Å². The van der Waals surface area contributed by atoms with Gasteiger partial charge < -0.3 is 20.4 Å². The predicted octanol–water partition coefficient (Wildman–Crippen LogP) is 3.44. The third-order valence-corrected chi connectivity index (χ3v) is 5.45. The molecule has 2 N–H and O–H groups in total. The van der Waals surface area contributed by atoms with E-state index in [9.17, 15) is 14.0 Å². The van der Waals surface area contributed by atoms with Crippen LogP contribution in [0.5, 0.6) is 0 Å². The molecule has 3 amide bonds. The summed E-state index contributed by atoms with van der Waals surface area (Å²) in [5.41, 5.74) is 0.709. The Morgan fingerprint density at radius 1 is 1.25 bits per heavy atom. The first-order valence-corrected chi connectivity index (χ1v) is 10.3. The highest BCUT2D eigenvalue weighted by molar-refractivity contribution is 5.97. The molecule has 3 rings (SSSR count). The average Bonchev–Trinajstić information content (AvgIpc) is 3.05. The third-order valence-electron chi connectivity index (χ3n) is 5.45. The van der Waals surface area contributed by atoms with Gasteiger partial charge in [0.15, 0.2) is 0 Å². The molecular formula is C21H31FN4O2. The second-order valence-corrected chi connectivity index (χ2v) is 8.26. The van der Waals surface area contributed by atoms with Crippen LogP contribution in [0.3, 0.4) is 0 Å². The Hall–Kier alpha value is -2.15. The second-order valence-electron chi connectivity index (χ2n) is 8.26. The maximum atomic E-state index is 14.1. The van der Waals surface area contributed by atoms with Gasteiger partial charge >= 0.3 is 6.03 Å². The largest absolute Gasteiger partial charge is 0.338 e. The van der Waals surface area contributed by atoms with Gasteiger partial charge in [-0.05, 0) is 55.8 Å². The van der Waals surface area contributed by atoms with Crippen LogP contribution in [0, 0.1) is 17.7 Å². The summed E-state index contributed by atoms with van der Waals surface area (Å²) in [5.74, 6) is 0.929. The van der Waals surface area contributed by atoms with Gasteiger partial charge in [-0.25, -0.2) is 9.18 Å². The van der Waals surface area contributed by atoms with Gasteiger partial charge in [0.25, 0.3) is 0 Å². The molecule has 154 valence electrons. The number of urea groups is 1. The van der Waals surface area contributed by atoms with Crippen molar-refractivity contribution in [2.45, 2.75) is 39.5 Å². The molecule has 2 fully saturated rings. The Kier molecular flexibility index (Phi) is 6.88. The third kappa shape index (κ3) is 5.44. The molecule has 2 aliphatic heterocycles. The van der Waals surface area contributed by atoms with Crippen LogP contribution in [0.25, 0.3) is 0 Å². The second kappa shape index (κ2) is 9.37. The number of likely N-dealkylation sites (tertiary alicyclic amines) is 1. The fourth-order valence-corrected chi connectivity index (χ4v) is 4.35. The molecule has 28 heavy (non-hydrogen) atoms. The van der Waals surface area contributed by atoms with Crippen LogP contribution in [0.15, 0.2) is 18.2 Å². The van der Waals surface area contributed by atoms with Crippen LogP contribution in [0.2, 0.25) is 0 Å². The summed E-state index contributed by atoms with van der Waals surface area (Å²) < 4.78 is 14.1. The zero-order chi connectivity index (χ0) is 20.1. The van der Waals surface area contributed by atoms with Crippen molar-refractivity contribution in [3.05, 3.63) is 24.0 Å². The Bertz CT molecular complexity index is 702. The van der Waals surface area contributed by atoms with Crippen LogP contribution in [0.1, 0.15) is 39.5 Å². The lowest BCUT2D eigenvalue weighted by Crippen LogP contribution is -2.40. The zero-order valence-electron chi connectivity index (χ0n) is 16.8. The van der Waals surface area contributed by atoms with E-state index in [0.717, 1.165) is 44.3 Å². The highest BCUT2D eigenvalue weighted by Gasteiger charge is 2.24. The van der Waals surface area contributed by atoms with Gasteiger partial charge in [0.05, 0.1) is 5.69 Å². The summed E-state index contributed by atoms with van der Waals surface area (Å²) in [6.07, 6.45) is 3.35.